The maximum atomic E-state index is 12.4. The highest BCUT2D eigenvalue weighted by molar-refractivity contribution is 7.99. The van der Waals surface area contributed by atoms with Crippen LogP contribution in [0.5, 0.6) is 5.75 Å². The van der Waals surface area contributed by atoms with Gasteiger partial charge in [0.25, 0.3) is 5.56 Å². The van der Waals surface area contributed by atoms with Gasteiger partial charge >= 0.3 is 5.69 Å². The summed E-state index contributed by atoms with van der Waals surface area (Å²) in [5, 5.41) is 11.7. The molecule has 3 rings (SSSR count). The Labute approximate surface area is 176 Å². The average molecular weight is 439 g/mol. The number of nitrogens with one attached hydrogen (secondary N) is 1. The number of unbranched alkanes of at least 4 members (excludes halogenated alkanes) is 1. The first kappa shape index (κ1) is 21.5. The second-order valence-electron chi connectivity index (χ2n) is 6.62. The Morgan fingerprint density at radius 1 is 1.31 bits per heavy atom. The second kappa shape index (κ2) is 9.51. The van der Waals surface area contributed by atoms with E-state index in [1.807, 2.05) is 0 Å². The van der Waals surface area contributed by atoms with Gasteiger partial charge in [-0.15, -0.1) is 0 Å². The van der Waals surface area contributed by atoms with Crippen LogP contribution >= 0.6 is 23.4 Å². The minimum Gasteiger partial charge on any atom is -0.491 e. The number of H-pyrrole nitrogens is 1. The van der Waals surface area contributed by atoms with Crippen molar-refractivity contribution in [1.82, 2.24) is 19.1 Å². The molecule has 8 nitrogen and oxygen atoms in total. The van der Waals surface area contributed by atoms with E-state index in [-0.39, 0.29) is 18.7 Å². The Morgan fingerprint density at radius 2 is 2.03 bits per heavy atom. The molecule has 0 fully saturated rings. The van der Waals surface area contributed by atoms with Gasteiger partial charge in [0.05, 0.1) is 6.54 Å². The van der Waals surface area contributed by atoms with Crippen LogP contribution in [0.2, 0.25) is 5.02 Å². The highest BCUT2D eigenvalue weighted by Crippen LogP contribution is 2.23. The summed E-state index contributed by atoms with van der Waals surface area (Å²) in [5.74, 6) is 1.41. The van der Waals surface area contributed by atoms with Crippen LogP contribution in [0.1, 0.15) is 19.8 Å². The SMILES string of the molecule is CCCCSc1nc2c(c(=O)[nH]c(=O)n2C)n1C[C@H](O)COc1ccc(Cl)cc1. The first-order chi connectivity index (χ1) is 13.9. The molecule has 2 N–H and O–H groups in total. The largest absolute Gasteiger partial charge is 0.491 e. The number of hydrogen-bond donors (Lipinski definition) is 2. The third-order valence-corrected chi connectivity index (χ3v) is 5.67. The van der Waals surface area contributed by atoms with Crippen LogP contribution in [0, 0.1) is 0 Å². The molecule has 0 spiro atoms. The number of aliphatic hydroxyl groups is 1. The third kappa shape index (κ3) is 5.04. The van der Waals surface area contributed by atoms with Gasteiger partial charge in [0.15, 0.2) is 16.3 Å². The zero-order chi connectivity index (χ0) is 21.0. The number of aromatic amines is 1. The lowest BCUT2D eigenvalue weighted by molar-refractivity contribution is 0.0914. The molecule has 0 radical (unpaired) electrons. The van der Waals surface area contributed by atoms with Gasteiger partial charge in [-0.05, 0) is 30.7 Å². The summed E-state index contributed by atoms with van der Waals surface area (Å²) in [6.45, 7) is 2.24. The number of thioether (sulfide) groups is 1. The third-order valence-electron chi connectivity index (χ3n) is 4.35. The van der Waals surface area contributed by atoms with Crippen molar-refractivity contribution < 1.29 is 9.84 Å². The molecular formula is C19H23ClN4O4S. The predicted molar refractivity (Wildman–Crippen MR) is 114 cm³/mol. The first-order valence-corrected chi connectivity index (χ1v) is 10.7. The van der Waals surface area contributed by atoms with Crippen molar-refractivity contribution in [3.63, 3.8) is 0 Å². The number of aromatic nitrogens is 4. The van der Waals surface area contributed by atoms with Gasteiger partial charge in [0.2, 0.25) is 0 Å². The number of ether oxygens (including phenoxy) is 1. The van der Waals surface area contributed by atoms with Crippen LogP contribution in [-0.2, 0) is 13.6 Å². The summed E-state index contributed by atoms with van der Waals surface area (Å²) in [6, 6.07) is 6.84. The average Bonchev–Trinajstić information content (AvgIpc) is 3.05. The lowest BCUT2D eigenvalue weighted by Gasteiger charge is -2.15. The number of benzene rings is 1. The van der Waals surface area contributed by atoms with Crippen molar-refractivity contribution in [1.29, 1.82) is 0 Å². The van der Waals surface area contributed by atoms with E-state index in [1.165, 1.54) is 16.3 Å². The summed E-state index contributed by atoms with van der Waals surface area (Å²) >= 11 is 7.35. The fourth-order valence-corrected chi connectivity index (χ4v) is 4.00. The molecule has 0 bridgehead atoms. The Balaban J connectivity index is 1.86. The molecule has 0 aliphatic carbocycles. The fourth-order valence-electron chi connectivity index (χ4n) is 2.79. The van der Waals surface area contributed by atoms with Crippen LogP contribution in [0.25, 0.3) is 11.2 Å². The zero-order valence-corrected chi connectivity index (χ0v) is 17.8. The molecule has 0 saturated carbocycles. The molecule has 0 unspecified atom stereocenters. The summed E-state index contributed by atoms with van der Waals surface area (Å²) < 4.78 is 8.56. The molecule has 2 aromatic heterocycles. The van der Waals surface area contributed by atoms with E-state index >= 15 is 0 Å². The number of hydrogen-bond acceptors (Lipinski definition) is 6. The Bertz CT molecular complexity index is 1090. The smallest absolute Gasteiger partial charge is 0.329 e. The van der Waals surface area contributed by atoms with Gasteiger partial charge in [-0.25, -0.2) is 9.78 Å². The van der Waals surface area contributed by atoms with Gasteiger partial charge in [-0.2, -0.15) is 0 Å². The van der Waals surface area contributed by atoms with Crippen molar-refractivity contribution in [2.75, 3.05) is 12.4 Å². The standard InChI is InChI=1S/C19H23ClN4O4S/c1-3-4-9-29-19-21-16-15(17(26)22-18(27)23(16)2)24(19)10-13(25)11-28-14-7-5-12(20)6-8-14/h5-8,13,25H,3-4,9-11H2,1-2H3,(H,22,26,27)/t13-/m0/s1. The minimum absolute atomic E-state index is 0.0318. The molecule has 156 valence electrons. The van der Waals surface area contributed by atoms with Crippen molar-refractivity contribution >= 4 is 34.5 Å². The molecule has 1 atom stereocenters. The second-order valence-corrected chi connectivity index (χ2v) is 8.11. The predicted octanol–water partition coefficient (Wildman–Crippen LogP) is 2.41. The summed E-state index contributed by atoms with van der Waals surface area (Å²) in [5.41, 5.74) is -0.493. The quantitative estimate of drug-likeness (QED) is 0.393. The monoisotopic (exact) mass is 438 g/mol. The van der Waals surface area contributed by atoms with E-state index in [0.717, 1.165) is 18.6 Å². The van der Waals surface area contributed by atoms with Crippen molar-refractivity contribution in [3.8, 4) is 5.75 Å². The van der Waals surface area contributed by atoms with Crippen LogP contribution in [0.15, 0.2) is 39.0 Å². The summed E-state index contributed by atoms with van der Waals surface area (Å²) in [6.07, 6.45) is 1.14. The van der Waals surface area contributed by atoms with Gasteiger partial charge in [-0.1, -0.05) is 36.7 Å². The fraction of sp³-hybridized carbons (Fsp3) is 0.421. The molecule has 0 saturated heterocycles. The number of imidazole rings is 1. The molecule has 0 aliphatic heterocycles. The maximum absolute atomic E-state index is 12.4. The Kier molecular flexibility index (Phi) is 7.05. The number of halogens is 1. The molecular weight excluding hydrogens is 416 g/mol. The highest BCUT2D eigenvalue weighted by atomic mass is 35.5. The van der Waals surface area contributed by atoms with Crippen molar-refractivity contribution in [3.05, 3.63) is 50.1 Å². The highest BCUT2D eigenvalue weighted by Gasteiger charge is 2.20. The first-order valence-electron chi connectivity index (χ1n) is 9.29. The normalized spacial score (nSPS) is 12.4. The maximum Gasteiger partial charge on any atom is 0.329 e. The van der Waals surface area contributed by atoms with Crippen molar-refractivity contribution in [2.24, 2.45) is 7.05 Å². The van der Waals surface area contributed by atoms with Crippen LogP contribution < -0.4 is 16.0 Å². The van der Waals surface area contributed by atoms with Gasteiger partial charge in [-0.3, -0.25) is 14.3 Å². The minimum atomic E-state index is -0.884. The Morgan fingerprint density at radius 3 is 2.72 bits per heavy atom. The van der Waals surface area contributed by atoms with Crippen LogP contribution in [0.3, 0.4) is 0 Å². The van der Waals surface area contributed by atoms with E-state index in [2.05, 4.69) is 16.9 Å². The number of nitrogens with zero attached hydrogens (tertiary/aromatic N) is 3. The number of rotatable bonds is 9. The summed E-state index contributed by atoms with van der Waals surface area (Å²) in [7, 11) is 1.55. The van der Waals surface area contributed by atoms with Gasteiger partial charge < -0.3 is 14.4 Å². The van der Waals surface area contributed by atoms with Crippen LogP contribution in [-0.4, -0.2) is 42.7 Å². The van der Waals surface area contributed by atoms with E-state index < -0.39 is 17.4 Å². The summed E-state index contributed by atoms with van der Waals surface area (Å²) in [4.78, 5) is 31.1. The molecule has 1 aromatic carbocycles. The molecule has 10 heteroatoms. The molecule has 0 amide bonds. The van der Waals surface area contributed by atoms with E-state index in [9.17, 15) is 14.7 Å². The molecule has 3 aromatic rings. The number of aliphatic hydroxyl groups excluding tert-OH is 1. The number of fused-ring (bicyclic) bond motifs is 1. The Hall–Kier alpha value is -2.23. The van der Waals surface area contributed by atoms with Gasteiger partial charge in [0, 0.05) is 17.8 Å². The zero-order valence-electron chi connectivity index (χ0n) is 16.2. The number of aryl methyl sites for hydroxylation is 1. The van der Waals surface area contributed by atoms with Crippen LogP contribution in [0.4, 0.5) is 0 Å². The lowest BCUT2D eigenvalue weighted by Crippen LogP contribution is -2.30. The lowest BCUT2D eigenvalue weighted by atomic mass is 10.3. The molecule has 2 heterocycles. The van der Waals surface area contributed by atoms with E-state index in [0.29, 0.717) is 21.6 Å². The molecule has 0 aliphatic rings. The van der Waals surface area contributed by atoms with E-state index in [1.54, 1.807) is 35.9 Å². The molecule has 29 heavy (non-hydrogen) atoms. The van der Waals surface area contributed by atoms with E-state index in [4.69, 9.17) is 16.3 Å². The van der Waals surface area contributed by atoms with Gasteiger partial charge in [0.1, 0.15) is 18.5 Å². The van der Waals surface area contributed by atoms with Crippen molar-refractivity contribution in [2.45, 2.75) is 37.6 Å². The topological polar surface area (TPSA) is 102 Å².